The number of ketones is 1. The van der Waals surface area contributed by atoms with Crippen molar-refractivity contribution in [3.63, 3.8) is 0 Å². The van der Waals surface area contributed by atoms with Crippen molar-refractivity contribution in [2.75, 3.05) is 31.8 Å². The van der Waals surface area contributed by atoms with E-state index in [1.807, 2.05) is 43.1 Å². The number of Topliss-reactive ketones (excluding diaryl/α,β-unsaturated/α-hetero) is 1. The van der Waals surface area contributed by atoms with Gasteiger partial charge >= 0.3 is 5.91 Å². The zero-order valence-corrected chi connectivity index (χ0v) is 14.9. The molecule has 1 amide bonds. The molecule has 0 unspecified atom stereocenters. The minimum atomic E-state index is -0.480. The van der Waals surface area contributed by atoms with E-state index in [1.54, 1.807) is 18.2 Å². The third-order valence-corrected chi connectivity index (χ3v) is 4.32. The van der Waals surface area contributed by atoms with Crippen molar-refractivity contribution in [1.82, 2.24) is 4.90 Å². The number of rotatable bonds is 6. The summed E-state index contributed by atoms with van der Waals surface area (Å²) >= 11 is 5.84. The maximum atomic E-state index is 12.2. The van der Waals surface area contributed by atoms with Crippen molar-refractivity contribution >= 4 is 29.0 Å². The molecule has 0 bridgehead atoms. The van der Waals surface area contributed by atoms with Gasteiger partial charge in [0.1, 0.15) is 12.4 Å². The van der Waals surface area contributed by atoms with Gasteiger partial charge in [-0.2, -0.15) is 0 Å². The summed E-state index contributed by atoms with van der Waals surface area (Å²) in [6.07, 6.45) is 0. The van der Waals surface area contributed by atoms with Crippen molar-refractivity contribution in [3.8, 4) is 5.75 Å². The zero-order valence-electron chi connectivity index (χ0n) is 14.2. The van der Waals surface area contributed by atoms with Gasteiger partial charge in [0, 0.05) is 11.6 Å². The number of anilines is 1. The highest BCUT2D eigenvalue weighted by atomic mass is 35.5. The molecule has 130 valence electrons. The Morgan fingerprint density at radius 3 is 2.56 bits per heavy atom. The molecule has 1 aliphatic heterocycles. The Balaban J connectivity index is 1.58. The van der Waals surface area contributed by atoms with Gasteiger partial charge in [-0.25, -0.2) is 0 Å². The van der Waals surface area contributed by atoms with E-state index in [4.69, 9.17) is 16.3 Å². The molecule has 5 nitrogen and oxygen atoms in total. The second-order valence-electron chi connectivity index (χ2n) is 6.11. The predicted octanol–water partition coefficient (Wildman–Crippen LogP) is 3.15. The Morgan fingerprint density at radius 1 is 1.12 bits per heavy atom. The average Bonchev–Trinajstić information content (AvgIpc) is 2.81. The van der Waals surface area contributed by atoms with Crippen molar-refractivity contribution in [1.29, 1.82) is 0 Å². The molecule has 0 fully saturated rings. The van der Waals surface area contributed by atoms with Crippen LogP contribution in [0.3, 0.4) is 0 Å². The number of ether oxygens (including phenoxy) is 1. The van der Waals surface area contributed by atoms with Gasteiger partial charge in [0.05, 0.1) is 17.9 Å². The van der Waals surface area contributed by atoms with E-state index in [0.29, 0.717) is 36.1 Å². The van der Waals surface area contributed by atoms with Crippen LogP contribution in [0.2, 0.25) is 5.02 Å². The molecule has 0 radical (unpaired) electrons. The van der Waals surface area contributed by atoms with Crippen LogP contribution in [0.25, 0.3) is 0 Å². The number of amides is 1. The lowest BCUT2D eigenvalue weighted by Gasteiger charge is -2.24. The number of hydrogen-bond acceptors (Lipinski definition) is 4. The fourth-order valence-corrected chi connectivity index (χ4v) is 2.84. The molecule has 0 aliphatic carbocycles. The molecule has 2 aromatic rings. The summed E-state index contributed by atoms with van der Waals surface area (Å²) in [5, 5.41) is 0.663. The van der Waals surface area contributed by atoms with Crippen molar-refractivity contribution in [3.05, 3.63) is 58.6 Å². The summed E-state index contributed by atoms with van der Waals surface area (Å²) < 4.78 is 5.66. The molecular formula is C19H19ClN2O3. The van der Waals surface area contributed by atoms with Gasteiger partial charge in [-0.05, 0) is 50.4 Å². The second-order valence-corrected chi connectivity index (χ2v) is 6.54. The molecule has 0 N–H and O–H groups in total. The quantitative estimate of drug-likeness (QED) is 0.744. The zero-order chi connectivity index (χ0) is 18.0. The number of nitrogens with zero attached hydrogens (tertiary/aromatic N) is 2. The van der Waals surface area contributed by atoms with E-state index in [2.05, 4.69) is 0 Å². The molecule has 1 aliphatic rings. The number of carbonyl (C=O) groups is 2. The summed E-state index contributed by atoms with van der Waals surface area (Å²) in [6, 6.07) is 12.7. The van der Waals surface area contributed by atoms with Gasteiger partial charge in [-0.3, -0.25) is 19.4 Å². The molecular weight excluding hydrogens is 340 g/mol. The largest absolute Gasteiger partial charge is 0.492 e. The second kappa shape index (κ2) is 7.25. The minimum Gasteiger partial charge on any atom is -0.492 e. The highest BCUT2D eigenvalue weighted by Crippen LogP contribution is 2.29. The molecule has 0 atom stereocenters. The molecule has 0 spiro atoms. The molecule has 1 heterocycles. The van der Waals surface area contributed by atoms with Crippen LogP contribution < -0.4 is 9.64 Å². The van der Waals surface area contributed by atoms with Crippen molar-refractivity contribution in [2.24, 2.45) is 0 Å². The monoisotopic (exact) mass is 358 g/mol. The topological polar surface area (TPSA) is 49.9 Å². The van der Waals surface area contributed by atoms with Crippen molar-refractivity contribution < 1.29 is 14.3 Å². The first kappa shape index (κ1) is 17.5. The van der Waals surface area contributed by atoms with Crippen molar-refractivity contribution in [2.45, 2.75) is 6.92 Å². The summed E-state index contributed by atoms with van der Waals surface area (Å²) in [7, 11) is 1.88. The van der Waals surface area contributed by atoms with E-state index < -0.39 is 11.7 Å². The van der Waals surface area contributed by atoms with Crippen LogP contribution in [0.15, 0.2) is 42.5 Å². The first-order valence-electron chi connectivity index (χ1n) is 7.99. The first-order valence-corrected chi connectivity index (χ1v) is 8.37. The molecule has 0 saturated carbocycles. The van der Waals surface area contributed by atoms with Gasteiger partial charge in [-0.1, -0.05) is 23.2 Å². The summed E-state index contributed by atoms with van der Waals surface area (Å²) in [4.78, 5) is 27.8. The molecule has 25 heavy (non-hydrogen) atoms. The summed E-state index contributed by atoms with van der Waals surface area (Å²) in [6.45, 7) is 3.32. The van der Waals surface area contributed by atoms with Crippen LogP contribution in [0.1, 0.15) is 15.9 Å². The lowest BCUT2D eigenvalue weighted by Crippen LogP contribution is -2.40. The molecule has 0 saturated heterocycles. The van der Waals surface area contributed by atoms with E-state index in [0.717, 1.165) is 11.3 Å². The fourth-order valence-electron chi connectivity index (χ4n) is 2.72. The number of likely N-dealkylation sites (N-methyl/N-ethyl adjacent to an activating group) is 1. The predicted molar refractivity (Wildman–Crippen MR) is 97.4 cm³/mol. The van der Waals surface area contributed by atoms with Gasteiger partial charge in [-0.15, -0.1) is 0 Å². The standard InChI is InChI=1S/C19H19ClN2O3/c1-13-3-8-17-16(11-13)18(23)19(24)22(17)12-21(2)9-10-25-15-6-4-14(20)5-7-15/h3-8,11H,9-10,12H2,1-2H3. The first-order chi connectivity index (χ1) is 12.0. The van der Waals surface area contributed by atoms with Crippen LogP contribution in [-0.4, -0.2) is 43.5 Å². The lowest BCUT2D eigenvalue weighted by molar-refractivity contribution is -0.114. The normalized spacial score (nSPS) is 13.5. The Morgan fingerprint density at radius 2 is 1.84 bits per heavy atom. The minimum absolute atomic E-state index is 0.338. The maximum absolute atomic E-state index is 12.2. The maximum Gasteiger partial charge on any atom is 0.300 e. The molecule has 6 heteroatoms. The molecule has 3 rings (SSSR count). The smallest absolute Gasteiger partial charge is 0.300 e. The number of aryl methyl sites for hydroxylation is 1. The van der Waals surface area contributed by atoms with Crippen LogP contribution in [-0.2, 0) is 4.79 Å². The molecule has 0 aromatic heterocycles. The lowest BCUT2D eigenvalue weighted by atomic mass is 10.1. The third kappa shape index (κ3) is 3.83. The number of fused-ring (bicyclic) bond motifs is 1. The SMILES string of the molecule is Cc1ccc2c(c1)C(=O)C(=O)N2CN(C)CCOc1ccc(Cl)cc1. The van der Waals surface area contributed by atoms with E-state index in [-0.39, 0.29) is 0 Å². The van der Waals surface area contributed by atoms with E-state index in [1.165, 1.54) is 4.90 Å². The van der Waals surface area contributed by atoms with Gasteiger partial charge < -0.3 is 4.74 Å². The fraction of sp³-hybridized carbons (Fsp3) is 0.263. The number of benzene rings is 2. The Bertz CT molecular complexity index is 805. The number of hydrogen-bond donors (Lipinski definition) is 0. The number of carbonyl (C=O) groups excluding carboxylic acids is 2. The Hall–Kier alpha value is -2.37. The van der Waals surface area contributed by atoms with Crippen LogP contribution >= 0.6 is 11.6 Å². The van der Waals surface area contributed by atoms with Crippen LogP contribution in [0.4, 0.5) is 5.69 Å². The highest BCUT2D eigenvalue weighted by Gasteiger charge is 2.36. The highest BCUT2D eigenvalue weighted by molar-refractivity contribution is 6.52. The molecule has 2 aromatic carbocycles. The summed E-state index contributed by atoms with van der Waals surface area (Å²) in [5.41, 5.74) is 2.12. The number of halogens is 1. The summed E-state index contributed by atoms with van der Waals surface area (Å²) in [5.74, 6) is -0.179. The van der Waals surface area contributed by atoms with Gasteiger partial charge in [0.25, 0.3) is 5.78 Å². The van der Waals surface area contributed by atoms with E-state index in [9.17, 15) is 9.59 Å². The van der Waals surface area contributed by atoms with Gasteiger partial charge in [0.15, 0.2) is 0 Å². The van der Waals surface area contributed by atoms with Crippen LogP contribution in [0, 0.1) is 6.92 Å². The Kier molecular flexibility index (Phi) is 5.06. The van der Waals surface area contributed by atoms with E-state index >= 15 is 0 Å². The average molecular weight is 359 g/mol. The third-order valence-electron chi connectivity index (χ3n) is 4.07. The Labute approximate surface area is 151 Å². The van der Waals surface area contributed by atoms with Gasteiger partial charge in [0.2, 0.25) is 0 Å². The van der Waals surface area contributed by atoms with Crippen LogP contribution in [0.5, 0.6) is 5.75 Å².